The second-order valence-corrected chi connectivity index (χ2v) is 10.8. The highest BCUT2D eigenvalue weighted by atomic mass is 32.1. The fourth-order valence-corrected chi connectivity index (χ4v) is 7.58. The van der Waals surface area contributed by atoms with E-state index in [-0.39, 0.29) is 17.2 Å². The summed E-state index contributed by atoms with van der Waals surface area (Å²) in [4.78, 5) is 32.5. The molecule has 5 aliphatic rings. The van der Waals surface area contributed by atoms with E-state index >= 15 is 0 Å². The highest BCUT2D eigenvalue weighted by Crippen LogP contribution is 2.60. The van der Waals surface area contributed by atoms with Gasteiger partial charge in [-0.05, 0) is 74.5 Å². The lowest BCUT2D eigenvalue weighted by Gasteiger charge is -2.55. The number of ether oxygens (including phenoxy) is 1. The molecule has 2 amide bonds. The Hall–Kier alpha value is -1.99. The van der Waals surface area contributed by atoms with Gasteiger partial charge in [0, 0.05) is 18.7 Å². The number of nitrogens with zero attached hydrogens (tertiary/aromatic N) is 2. The number of nitrogens with one attached hydrogen (secondary N) is 1. The van der Waals surface area contributed by atoms with Crippen LogP contribution in [0.15, 0.2) is 18.2 Å². The molecule has 4 bridgehead atoms. The number of hydrogen-bond acceptors (Lipinski definition) is 5. The van der Waals surface area contributed by atoms with Gasteiger partial charge in [0.15, 0.2) is 5.13 Å². The lowest BCUT2D eigenvalue weighted by molar-refractivity contribution is -0.140. The molecule has 5 fully saturated rings. The SMILES string of the molecule is O=C(c1ccc2nc(NC(=O)C34CC5CC(CC(C5)C3)C4)sc2c1)N1CCOCC1. The Morgan fingerprint density at radius 3 is 2.40 bits per heavy atom. The second-order valence-electron chi connectivity index (χ2n) is 9.76. The molecule has 0 unspecified atom stereocenters. The molecule has 7 rings (SSSR count). The summed E-state index contributed by atoms with van der Waals surface area (Å²) in [6.45, 7) is 2.45. The van der Waals surface area contributed by atoms with E-state index in [2.05, 4.69) is 10.3 Å². The summed E-state index contributed by atoms with van der Waals surface area (Å²) >= 11 is 1.47. The maximum atomic E-state index is 13.3. The van der Waals surface area contributed by atoms with Crippen molar-refractivity contribution < 1.29 is 14.3 Å². The van der Waals surface area contributed by atoms with Crippen LogP contribution in [-0.2, 0) is 9.53 Å². The molecule has 158 valence electrons. The van der Waals surface area contributed by atoms with Crippen LogP contribution in [0.4, 0.5) is 5.13 Å². The van der Waals surface area contributed by atoms with Gasteiger partial charge in [0.1, 0.15) is 0 Å². The first kappa shape index (κ1) is 18.8. The Bertz CT molecular complexity index is 975. The molecular weight excluding hydrogens is 398 g/mol. The summed E-state index contributed by atoms with van der Waals surface area (Å²) in [5.74, 6) is 2.43. The van der Waals surface area contributed by atoms with Gasteiger partial charge in [0.05, 0.1) is 28.8 Å². The minimum Gasteiger partial charge on any atom is -0.378 e. The van der Waals surface area contributed by atoms with Gasteiger partial charge in [-0.1, -0.05) is 11.3 Å². The minimum absolute atomic E-state index is 0.0350. The minimum atomic E-state index is -0.177. The summed E-state index contributed by atoms with van der Waals surface area (Å²) in [7, 11) is 0. The summed E-state index contributed by atoms with van der Waals surface area (Å²) < 4.78 is 6.28. The second kappa shape index (κ2) is 7.02. The molecule has 0 atom stereocenters. The van der Waals surface area contributed by atoms with E-state index in [1.54, 1.807) is 0 Å². The Morgan fingerprint density at radius 2 is 1.73 bits per heavy atom. The van der Waals surface area contributed by atoms with Crippen molar-refractivity contribution in [3.63, 3.8) is 0 Å². The number of hydrogen-bond donors (Lipinski definition) is 1. The first-order chi connectivity index (χ1) is 14.6. The molecule has 30 heavy (non-hydrogen) atoms. The van der Waals surface area contributed by atoms with E-state index in [1.165, 1.54) is 30.6 Å². The standard InChI is InChI=1S/C23H27N3O3S/c27-20(26-3-5-29-6-4-26)17-1-2-18-19(10-17)30-22(24-18)25-21(28)23-11-14-7-15(12-23)9-16(8-14)13-23/h1-2,10,14-16H,3-9,11-13H2,(H,24,25,28). The van der Waals surface area contributed by atoms with E-state index in [1.807, 2.05) is 23.1 Å². The van der Waals surface area contributed by atoms with Crippen LogP contribution in [0.2, 0.25) is 0 Å². The van der Waals surface area contributed by atoms with Crippen molar-refractivity contribution in [1.29, 1.82) is 0 Å². The fourth-order valence-electron chi connectivity index (χ4n) is 6.68. The molecule has 4 aliphatic carbocycles. The van der Waals surface area contributed by atoms with Gasteiger partial charge in [-0.25, -0.2) is 4.98 Å². The average molecular weight is 426 g/mol. The van der Waals surface area contributed by atoms with Gasteiger partial charge in [-0.3, -0.25) is 9.59 Å². The zero-order valence-electron chi connectivity index (χ0n) is 17.1. The van der Waals surface area contributed by atoms with Crippen LogP contribution in [0, 0.1) is 23.2 Å². The third-order valence-electron chi connectivity index (χ3n) is 7.67. The molecule has 1 aliphatic heterocycles. The molecule has 0 spiro atoms. The number of amides is 2. The van der Waals surface area contributed by atoms with Gasteiger partial charge in [-0.2, -0.15) is 0 Å². The largest absolute Gasteiger partial charge is 0.378 e. The van der Waals surface area contributed by atoms with Gasteiger partial charge in [0.25, 0.3) is 5.91 Å². The molecule has 1 saturated heterocycles. The van der Waals surface area contributed by atoms with Gasteiger partial charge in [-0.15, -0.1) is 0 Å². The molecular formula is C23H27N3O3S. The number of thiazole rings is 1. The molecule has 0 radical (unpaired) electrons. The smallest absolute Gasteiger partial charge is 0.254 e. The van der Waals surface area contributed by atoms with E-state index < -0.39 is 0 Å². The average Bonchev–Trinajstić information content (AvgIpc) is 3.14. The monoisotopic (exact) mass is 425 g/mol. The lowest BCUT2D eigenvalue weighted by atomic mass is 9.49. The number of morpholine rings is 1. The molecule has 7 heteroatoms. The molecule has 2 heterocycles. The lowest BCUT2D eigenvalue weighted by Crippen LogP contribution is -2.51. The molecule has 1 aromatic heterocycles. The zero-order valence-corrected chi connectivity index (χ0v) is 17.9. The van der Waals surface area contributed by atoms with Crippen LogP contribution in [-0.4, -0.2) is 48.0 Å². The first-order valence-electron chi connectivity index (χ1n) is 11.2. The van der Waals surface area contributed by atoms with Crippen LogP contribution < -0.4 is 5.32 Å². The summed E-state index contributed by atoms with van der Waals surface area (Å²) in [6.07, 6.45) is 7.13. The number of benzene rings is 1. The third kappa shape index (κ3) is 3.14. The van der Waals surface area contributed by atoms with Crippen molar-refractivity contribution in [1.82, 2.24) is 9.88 Å². The van der Waals surface area contributed by atoms with Crippen molar-refractivity contribution in [3.8, 4) is 0 Å². The Kier molecular flexibility index (Phi) is 4.39. The van der Waals surface area contributed by atoms with E-state index in [0.29, 0.717) is 37.0 Å². The van der Waals surface area contributed by atoms with Crippen LogP contribution in [0.25, 0.3) is 10.2 Å². The summed E-state index contributed by atoms with van der Waals surface area (Å²) in [6, 6.07) is 5.63. The topological polar surface area (TPSA) is 71.5 Å². The normalized spacial score (nSPS) is 32.5. The summed E-state index contributed by atoms with van der Waals surface area (Å²) in [5.41, 5.74) is 1.33. The van der Waals surface area contributed by atoms with E-state index in [4.69, 9.17) is 4.74 Å². The Balaban J connectivity index is 1.21. The number of carbonyl (C=O) groups is 2. The number of anilines is 1. The highest BCUT2D eigenvalue weighted by molar-refractivity contribution is 7.22. The predicted molar refractivity (Wildman–Crippen MR) is 116 cm³/mol. The van der Waals surface area contributed by atoms with Crippen LogP contribution in [0.3, 0.4) is 0 Å². The number of aromatic nitrogens is 1. The fraction of sp³-hybridized carbons (Fsp3) is 0.609. The van der Waals surface area contributed by atoms with Gasteiger partial charge >= 0.3 is 0 Å². The molecule has 1 aromatic carbocycles. The van der Waals surface area contributed by atoms with E-state index in [9.17, 15) is 9.59 Å². The van der Waals surface area contributed by atoms with Crippen molar-refractivity contribution in [2.24, 2.45) is 23.2 Å². The van der Waals surface area contributed by atoms with Crippen LogP contribution >= 0.6 is 11.3 Å². The quantitative estimate of drug-likeness (QED) is 0.809. The predicted octanol–water partition coefficient (Wildman–Crippen LogP) is 3.92. The number of rotatable bonds is 3. The molecule has 4 saturated carbocycles. The first-order valence-corrected chi connectivity index (χ1v) is 12.0. The van der Waals surface area contributed by atoms with Gasteiger partial charge < -0.3 is 15.0 Å². The molecule has 2 aromatic rings. The van der Waals surface area contributed by atoms with Crippen molar-refractivity contribution in [2.75, 3.05) is 31.6 Å². The number of carbonyl (C=O) groups excluding carboxylic acids is 2. The maximum absolute atomic E-state index is 13.3. The zero-order chi connectivity index (χ0) is 20.3. The van der Waals surface area contributed by atoms with Crippen molar-refractivity contribution in [3.05, 3.63) is 23.8 Å². The maximum Gasteiger partial charge on any atom is 0.254 e. The van der Waals surface area contributed by atoms with Crippen molar-refractivity contribution >= 4 is 38.5 Å². The van der Waals surface area contributed by atoms with Crippen LogP contribution in [0.5, 0.6) is 0 Å². The Labute approximate surface area is 180 Å². The van der Waals surface area contributed by atoms with E-state index in [0.717, 1.165) is 47.2 Å². The molecule has 6 nitrogen and oxygen atoms in total. The molecule has 1 N–H and O–H groups in total. The third-order valence-corrected chi connectivity index (χ3v) is 8.61. The number of fused-ring (bicyclic) bond motifs is 1. The Morgan fingerprint density at radius 1 is 1.07 bits per heavy atom. The highest BCUT2D eigenvalue weighted by Gasteiger charge is 2.54. The van der Waals surface area contributed by atoms with Gasteiger partial charge in [0.2, 0.25) is 5.91 Å². The van der Waals surface area contributed by atoms with Crippen LogP contribution in [0.1, 0.15) is 48.9 Å². The summed E-state index contributed by atoms with van der Waals surface area (Å²) in [5, 5.41) is 3.81. The van der Waals surface area contributed by atoms with Crippen molar-refractivity contribution in [2.45, 2.75) is 38.5 Å².